The van der Waals surface area contributed by atoms with Crippen LogP contribution in [0.3, 0.4) is 0 Å². The normalized spacial score (nSPS) is 9.52. The largest absolute Gasteiger partial charge is 0.365 e. The van der Waals surface area contributed by atoms with Crippen LogP contribution in [0.2, 0.25) is 0 Å². The number of nitrogens with two attached hydrogens (primary N) is 1. The Morgan fingerprint density at radius 2 is 0.966 bits per heavy atom. The van der Waals surface area contributed by atoms with Crippen LogP contribution in [0.1, 0.15) is 35.1 Å². The summed E-state index contributed by atoms with van der Waals surface area (Å²) in [5, 5.41) is 17.5. The second-order valence-corrected chi connectivity index (χ2v) is 5.84. The van der Waals surface area contributed by atoms with Crippen molar-refractivity contribution >= 4 is 75.0 Å². The number of nitrogens with one attached hydrogen (secondary N) is 6. The van der Waals surface area contributed by atoms with Crippen molar-refractivity contribution in [2.45, 2.75) is 35.1 Å². The van der Waals surface area contributed by atoms with E-state index in [0.717, 1.165) is 0 Å². The number of nitrogens with zero attached hydrogens (tertiary/aromatic N) is 2. The molecule has 0 unspecified atom stereocenters. The summed E-state index contributed by atoms with van der Waals surface area (Å²) in [5.41, 5.74) is 8.99. The molecule has 0 saturated carbocycles. The zero-order valence-electron chi connectivity index (χ0n) is 17.0. The van der Waals surface area contributed by atoms with Crippen molar-refractivity contribution in [3.05, 3.63) is 0 Å². The molecule has 0 aliphatic rings. The molecule has 0 heterocycles. The molecule has 0 amide bonds. The Bertz CT molecular complexity index is 558. The van der Waals surface area contributed by atoms with Crippen LogP contribution in [-0.4, -0.2) is 59.5 Å². The van der Waals surface area contributed by atoms with E-state index in [4.69, 9.17) is 30.3 Å². The number of hydrogen-bond donors (Lipinski definition) is 7. The molecule has 0 bridgehead atoms. The lowest BCUT2D eigenvalue weighted by Gasteiger charge is -2.05. The molecule has 0 spiro atoms. The number of carbonyl (C=O) groups is 2. The van der Waals surface area contributed by atoms with Crippen LogP contribution in [0, 0.1) is 0 Å². The van der Waals surface area contributed by atoms with Crippen LogP contribution in [-0.2, 0) is 9.59 Å². The smallest absolute Gasteiger partial charge is 0.195 e. The molecule has 0 aromatic rings. The molecule has 29 heavy (non-hydrogen) atoms. The molecule has 0 aromatic heterocycles. The van der Waals surface area contributed by atoms with Gasteiger partial charge in [0, 0.05) is 35.0 Å². The van der Waals surface area contributed by atoms with Crippen molar-refractivity contribution in [3.63, 3.8) is 0 Å². The van der Waals surface area contributed by atoms with Crippen LogP contribution in [0.5, 0.6) is 0 Å². The van der Waals surface area contributed by atoms with Crippen LogP contribution < -0.4 is 38.1 Å². The first-order valence-corrected chi connectivity index (χ1v) is 8.93. The molecule has 0 rings (SSSR count). The average Bonchev–Trinajstić information content (AvgIpc) is 2.69. The first-order valence-electron chi connectivity index (χ1n) is 7.70. The third-order valence-corrected chi connectivity index (χ3v) is 3.39. The quantitative estimate of drug-likeness (QED) is 0.0951. The van der Waals surface area contributed by atoms with Gasteiger partial charge >= 0.3 is 0 Å². The Labute approximate surface area is 189 Å². The maximum atomic E-state index is 9.79. The minimum Gasteiger partial charge on any atom is -0.365 e. The lowest BCUT2D eigenvalue weighted by Crippen LogP contribution is -2.37. The van der Waals surface area contributed by atoms with Gasteiger partial charge in [-0.3, -0.25) is 20.4 Å². The lowest BCUT2D eigenvalue weighted by molar-refractivity contribution is -0.134. The Kier molecular flexibility index (Phi) is 26.0. The van der Waals surface area contributed by atoms with E-state index >= 15 is 0 Å². The van der Waals surface area contributed by atoms with Crippen molar-refractivity contribution in [3.8, 4) is 0 Å². The molecule has 0 fully saturated rings. The molecule has 0 aliphatic heterocycles. The van der Waals surface area contributed by atoms with Crippen molar-refractivity contribution in [2.75, 3.05) is 21.1 Å². The van der Waals surface area contributed by atoms with Crippen molar-refractivity contribution < 1.29 is 9.59 Å². The van der Waals surface area contributed by atoms with Crippen molar-refractivity contribution in [1.29, 1.82) is 0 Å². The summed E-state index contributed by atoms with van der Waals surface area (Å²) < 4.78 is 0. The zero-order valence-corrected chi connectivity index (χ0v) is 19.5. The van der Waals surface area contributed by atoms with Gasteiger partial charge in [0.2, 0.25) is 0 Å². The number of Topliss-reactive ketones (excluding diaryl/α,β-unsaturated/α-hetero) is 2. The molecule has 0 aromatic carbocycles. The fraction of sp³-hybridized carbons (Fsp3) is 0.533. The van der Waals surface area contributed by atoms with E-state index in [0.29, 0.717) is 26.8 Å². The Morgan fingerprint density at radius 3 is 1.10 bits per heavy atom. The van der Waals surface area contributed by atoms with Gasteiger partial charge in [-0.2, -0.15) is 10.2 Å². The Morgan fingerprint density at radius 1 is 0.690 bits per heavy atom. The van der Waals surface area contributed by atoms with E-state index in [9.17, 15) is 9.59 Å². The van der Waals surface area contributed by atoms with Crippen molar-refractivity contribution in [2.24, 2.45) is 16.0 Å². The van der Waals surface area contributed by atoms with Crippen LogP contribution in [0.4, 0.5) is 0 Å². The highest BCUT2D eigenvalue weighted by Gasteiger charge is 1.98. The molecule has 8 N–H and O–H groups in total. The summed E-state index contributed by atoms with van der Waals surface area (Å²) in [6.45, 7) is 6.13. The molecular weight excluding hydrogens is 434 g/mol. The van der Waals surface area contributed by atoms with E-state index in [1.165, 1.54) is 13.8 Å². The maximum Gasteiger partial charge on any atom is 0.195 e. The van der Waals surface area contributed by atoms with Crippen LogP contribution in [0.25, 0.3) is 0 Å². The second kappa shape index (κ2) is 22.0. The molecule has 168 valence electrons. The highest BCUT2D eigenvalue weighted by atomic mass is 32.1. The lowest BCUT2D eigenvalue weighted by atomic mass is 10.3. The third kappa shape index (κ3) is 25.7. The summed E-state index contributed by atoms with van der Waals surface area (Å²) >= 11 is 14.2. The SMILES string of the molecule is C.CC(=O)C(C)=O.CNC(=S)N/N=C(C)/C(C)=N/NC(=S)NC.CNC(=S)NN. The second-order valence-electron chi connectivity index (χ2n) is 4.61. The summed E-state index contributed by atoms with van der Waals surface area (Å²) in [5.74, 6) is 4.07. The van der Waals surface area contributed by atoms with Gasteiger partial charge in [-0.1, -0.05) is 7.43 Å². The third-order valence-electron chi connectivity index (χ3n) is 2.48. The van der Waals surface area contributed by atoms with Gasteiger partial charge in [0.1, 0.15) is 0 Å². The summed E-state index contributed by atoms with van der Waals surface area (Å²) in [7, 11) is 5.13. The van der Waals surface area contributed by atoms with E-state index in [1.54, 1.807) is 21.1 Å². The molecule has 0 atom stereocenters. The summed E-state index contributed by atoms with van der Waals surface area (Å²) in [4.78, 5) is 19.6. The van der Waals surface area contributed by atoms with Gasteiger partial charge in [-0.15, -0.1) is 0 Å². The first kappa shape index (κ1) is 34.2. The summed E-state index contributed by atoms with van der Waals surface area (Å²) in [6.07, 6.45) is 0. The molecular formula is C15H33N9O2S3. The number of carbonyl (C=O) groups excluding carboxylic acids is 2. The molecule has 0 radical (unpaired) electrons. The minimum atomic E-state index is -0.380. The maximum absolute atomic E-state index is 9.79. The first-order chi connectivity index (χ1) is 13.0. The van der Waals surface area contributed by atoms with E-state index in [2.05, 4.69) is 54.6 Å². The van der Waals surface area contributed by atoms with Gasteiger partial charge in [0.05, 0.1) is 11.4 Å². The van der Waals surface area contributed by atoms with E-state index < -0.39 is 0 Å². The number of hydrogen-bond acceptors (Lipinski definition) is 8. The van der Waals surface area contributed by atoms with Crippen LogP contribution >= 0.6 is 36.7 Å². The molecule has 11 nitrogen and oxygen atoms in total. The number of ketones is 2. The number of thiocarbonyl (C=S) groups is 3. The molecule has 14 heteroatoms. The number of hydrazine groups is 1. The zero-order chi connectivity index (χ0) is 22.7. The Balaban J connectivity index is -0.000000199. The summed E-state index contributed by atoms with van der Waals surface area (Å²) in [6, 6.07) is 0. The van der Waals surface area contributed by atoms with Crippen molar-refractivity contribution in [1.82, 2.24) is 32.2 Å². The van der Waals surface area contributed by atoms with E-state index in [-0.39, 0.29) is 19.0 Å². The van der Waals surface area contributed by atoms with Crippen LogP contribution in [0.15, 0.2) is 10.2 Å². The monoisotopic (exact) mass is 467 g/mol. The predicted octanol–water partition coefficient (Wildman–Crippen LogP) is -0.319. The number of hydrazone groups is 2. The minimum absolute atomic E-state index is 0. The average molecular weight is 468 g/mol. The number of rotatable bonds is 4. The Hall–Kier alpha value is -2.29. The molecule has 0 aliphatic carbocycles. The molecule has 0 saturated heterocycles. The standard InChI is InChI=1S/C8H16N6S2.C4H6O2.C2H7N3S.CH4/c1-5(11-13-7(15)9-3)6(2)12-14-8(16)10-4;1-3(5)4(2)6;1-4-2(6)5-3;/h1-4H3,(H2,9,13,15)(H2,10,14,16);1-2H3;3H2,1H3,(H2,4,5,6);1H4/b11-5+,12-6+;;;. The highest BCUT2D eigenvalue weighted by Crippen LogP contribution is 1.82. The fourth-order valence-electron chi connectivity index (χ4n) is 0.615. The van der Waals surface area contributed by atoms with Gasteiger partial charge in [0.25, 0.3) is 0 Å². The topological polar surface area (TPSA) is 157 Å². The van der Waals surface area contributed by atoms with Gasteiger partial charge < -0.3 is 21.4 Å². The fourth-order valence-corrected chi connectivity index (χ4v) is 0.706. The predicted molar refractivity (Wildman–Crippen MR) is 133 cm³/mol. The van der Waals surface area contributed by atoms with E-state index in [1.807, 2.05) is 13.8 Å². The van der Waals surface area contributed by atoms with Gasteiger partial charge in [-0.25, -0.2) is 5.84 Å². The van der Waals surface area contributed by atoms with Gasteiger partial charge in [0.15, 0.2) is 26.9 Å². The van der Waals surface area contributed by atoms with Gasteiger partial charge in [-0.05, 0) is 50.5 Å². The highest BCUT2D eigenvalue weighted by molar-refractivity contribution is 7.80.